The molecule has 0 aliphatic carbocycles. The molecule has 8 aromatic rings. The number of nitrogens with zero attached hydrogens (tertiary/aromatic N) is 7. The quantitative estimate of drug-likeness (QED) is 0.0762. The predicted molar refractivity (Wildman–Crippen MR) is 226 cm³/mol. The number of phenolic OH excluding ortho intramolecular Hbond substituents is 2. The van der Waals surface area contributed by atoms with Gasteiger partial charge in [-0.15, -0.1) is 0 Å². The molecule has 7 heterocycles. The second-order valence-electron chi connectivity index (χ2n) is 12.5. The Hall–Kier alpha value is -8.25. The van der Waals surface area contributed by atoms with Crippen molar-refractivity contribution in [1.29, 1.82) is 0 Å². The van der Waals surface area contributed by atoms with Crippen molar-refractivity contribution in [3.63, 3.8) is 0 Å². The summed E-state index contributed by atoms with van der Waals surface area (Å²) < 4.78 is 0. The molecule has 0 atom stereocenters. The van der Waals surface area contributed by atoms with Crippen molar-refractivity contribution in [2.45, 2.75) is 0 Å². The average Bonchev–Trinajstić information content (AvgIpc) is 3.93. The minimum Gasteiger partial charge on any atom is -0.506 e. The van der Waals surface area contributed by atoms with Crippen LogP contribution < -0.4 is 10.6 Å². The van der Waals surface area contributed by atoms with Crippen LogP contribution in [-0.4, -0.2) is 53.5 Å². The number of aliphatic imine (C=N–C) groups is 4. The highest BCUT2D eigenvalue weighted by Crippen LogP contribution is 2.39. The van der Waals surface area contributed by atoms with Gasteiger partial charge in [-0.3, -0.25) is 15.0 Å². The summed E-state index contributed by atoms with van der Waals surface area (Å²) in [4.78, 5) is 34.2. The van der Waals surface area contributed by atoms with Gasteiger partial charge in [0.1, 0.15) is 34.8 Å². The number of pyridine rings is 3. The molecule has 0 unspecified atom stereocenters. The van der Waals surface area contributed by atoms with Gasteiger partial charge in [0.25, 0.3) is 0 Å². The van der Waals surface area contributed by atoms with Gasteiger partial charge in [0.2, 0.25) is 0 Å². The Bertz CT molecular complexity index is 2470. The van der Waals surface area contributed by atoms with Crippen LogP contribution in [-0.2, 0) is 0 Å². The number of hydrogen-bond donors (Lipinski definition) is 5. The second kappa shape index (κ2) is 16.8. The van der Waals surface area contributed by atoms with E-state index in [1.807, 2.05) is 127 Å². The Morgan fingerprint density at radius 3 is 1.09 bits per heavy atom. The van der Waals surface area contributed by atoms with E-state index in [0.717, 1.165) is 33.0 Å². The summed E-state index contributed by atoms with van der Waals surface area (Å²) >= 11 is 0. The molecule has 3 aliphatic rings. The molecule has 57 heavy (non-hydrogen) atoms. The van der Waals surface area contributed by atoms with E-state index in [1.54, 1.807) is 43.2 Å². The molecule has 0 amide bonds. The molecule has 5 N–H and O–H groups in total. The molecule has 4 aromatic heterocycles. The lowest BCUT2D eigenvalue weighted by molar-refractivity contribution is 0.454. The number of rotatable bonds is 0. The normalized spacial score (nSPS) is 12.7. The lowest BCUT2D eigenvalue weighted by Crippen LogP contribution is -2.14. The maximum absolute atomic E-state index is 10.7. The van der Waals surface area contributed by atoms with Gasteiger partial charge in [-0.1, -0.05) is 91.0 Å². The summed E-state index contributed by atoms with van der Waals surface area (Å²) in [6.45, 7) is 0. The lowest BCUT2D eigenvalue weighted by atomic mass is 10.1. The second-order valence-corrected chi connectivity index (χ2v) is 12.5. The van der Waals surface area contributed by atoms with E-state index >= 15 is 0 Å². The van der Waals surface area contributed by atoms with Crippen molar-refractivity contribution in [3.8, 4) is 11.5 Å². The van der Waals surface area contributed by atoms with Gasteiger partial charge in [-0.05, 0) is 42.5 Å². The van der Waals surface area contributed by atoms with Crippen LogP contribution in [0.4, 0.5) is 23.0 Å². The highest BCUT2D eigenvalue weighted by atomic mass is 16.3. The fourth-order valence-electron chi connectivity index (χ4n) is 6.08. The number of nitrogens with one attached hydrogen (secondary N) is 3. The fraction of sp³-hybridized carbons (Fsp3) is 0. The maximum atomic E-state index is 10.7. The molecule has 0 saturated heterocycles. The number of fused-ring (bicyclic) bond motifs is 15. The van der Waals surface area contributed by atoms with Crippen molar-refractivity contribution < 1.29 is 10.2 Å². The first kappa shape index (κ1) is 35.8. The predicted octanol–water partition coefficient (Wildman–Crippen LogP) is 9.04. The summed E-state index contributed by atoms with van der Waals surface area (Å²) in [6, 6.07) is 43.5. The molecule has 4 aromatic carbocycles. The number of aromatic hydroxyl groups is 2. The maximum Gasteiger partial charge on any atom is 0.164 e. The van der Waals surface area contributed by atoms with Gasteiger partial charge in [0.15, 0.2) is 11.7 Å². The minimum absolute atomic E-state index is 0.124. The summed E-state index contributed by atoms with van der Waals surface area (Å²) in [7, 11) is 0. The molecule has 3 aliphatic heterocycles. The first-order valence-corrected chi connectivity index (χ1v) is 17.9. The molecule has 0 spiro atoms. The molecule has 12 nitrogen and oxygen atoms in total. The van der Waals surface area contributed by atoms with Crippen molar-refractivity contribution in [3.05, 3.63) is 199 Å². The van der Waals surface area contributed by atoms with Gasteiger partial charge in [0.05, 0.1) is 11.4 Å². The number of phenols is 2. The topological polar surface area (TPSA) is 168 Å². The van der Waals surface area contributed by atoms with E-state index in [-0.39, 0.29) is 11.5 Å². The highest BCUT2D eigenvalue weighted by molar-refractivity contribution is 6.28. The number of aromatic amines is 1. The van der Waals surface area contributed by atoms with E-state index in [2.05, 4.69) is 30.6 Å². The van der Waals surface area contributed by atoms with Crippen LogP contribution in [0.1, 0.15) is 22.3 Å². The first-order valence-electron chi connectivity index (χ1n) is 17.9. The molecule has 0 radical (unpaired) electrons. The summed E-state index contributed by atoms with van der Waals surface area (Å²) in [5.74, 6) is 3.13. The van der Waals surface area contributed by atoms with Gasteiger partial charge >= 0.3 is 0 Å². The van der Waals surface area contributed by atoms with Crippen molar-refractivity contribution in [2.75, 3.05) is 10.6 Å². The van der Waals surface area contributed by atoms with Crippen LogP contribution in [0, 0.1) is 0 Å². The average molecular weight is 747 g/mol. The van der Waals surface area contributed by atoms with Crippen LogP contribution in [0.5, 0.6) is 11.5 Å². The van der Waals surface area contributed by atoms with E-state index in [1.165, 1.54) is 6.07 Å². The monoisotopic (exact) mass is 746 g/mol. The van der Waals surface area contributed by atoms with E-state index in [9.17, 15) is 10.2 Å². The van der Waals surface area contributed by atoms with Crippen LogP contribution in [0.3, 0.4) is 0 Å². The van der Waals surface area contributed by atoms with Crippen molar-refractivity contribution in [2.24, 2.45) is 20.0 Å². The van der Waals surface area contributed by atoms with Gasteiger partial charge in [-0.2, -0.15) is 0 Å². The van der Waals surface area contributed by atoms with Gasteiger partial charge in [0, 0.05) is 76.3 Å². The zero-order chi connectivity index (χ0) is 38.8. The number of hydrogen-bond acceptors (Lipinski definition) is 11. The Balaban J connectivity index is 0.000000207. The number of anilines is 2. The van der Waals surface area contributed by atoms with Crippen LogP contribution >= 0.6 is 0 Å². The molecular formula is C45H34N10O2. The molecule has 0 fully saturated rings. The van der Waals surface area contributed by atoms with E-state index in [0.29, 0.717) is 46.4 Å². The Labute approximate surface area is 327 Å². The number of aromatic nitrogens is 4. The molecule has 11 rings (SSSR count). The highest BCUT2D eigenvalue weighted by Gasteiger charge is 2.26. The largest absolute Gasteiger partial charge is 0.506 e. The summed E-state index contributed by atoms with van der Waals surface area (Å²) in [5.41, 5.74) is 4.13. The third kappa shape index (κ3) is 8.15. The Morgan fingerprint density at radius 2 is 0.737 bits per heavy atom. The van der Waals surface area contributed by atoms with E-state index < -0.39 is 0 Å². The summed E-state index contributed by atoms with van der Waals surface area (Å²) in [6.07, 6.45) is 10.5. The van der Waals surface area contributed by atoms with Crippen LogP contribution in [0.2, 0.25) is 0 Å². The standard InChI is InChI=1S/C30H19N7O2.3C5H5N/c38-23-14-24(39)22-13-21(23)31-25-15-7-1-3-9-17(15)27(33-25)35-29-19-11-5-6-12-20(19)30(37-29)36-28-18-10-4-2-8-16(18)26(32-22)34-28;3*1-2-4-6-5-3-1/h1-14,37-39H,(H,31,33,35)(H,32,34,36);3*1-5H. The molecule has 8 bridgehead atoms. The Kier molecular flexibility index (Phi) is 10.6. The molecule has 12 heteroatoms. The molecule has 276 valence electrons. The van der Waals surface area contributed by atoms with Gasteiger partial charge in [-0.25, -0.2) is 20.0 Å². The van der Waals surface area contributed by atoms with Crippen molar-refractivity contribution >= 4 is 57.1 Å². The zero-order valence-electron chi connectivity index (χ0n) is 30.3. The molecule has 0 saturated carbocycles. The lowest BCUT2D eigenvalue weighted by Gasteiger charge is -2.14. The number of H-pyrrole nitrogens is 1. The zero-order valence-corrected chi connectivity index (χ0v) is 30.3. The fourth-order valence-corrected chi connectivity index (χ4v) is 6.08. The first-order chi connectivity index (χ1) is 28.1. The smallest absolute Gasteiger partial charge is 0.164 e. The minimum atomic E-state index is -0.124. The summed E-state index contributed by atoms with van der Waals surface area (Å²) in [5, 5.41) is 29.7. The number of benzene rings is 4. The third-order valence-electron chi connectivity index (χ3n) is 8.71. The van der Waals surface area contributed by atoms with Crippen LogP contribution in [0.25, 0.3) is 10.8 Å². The SMILES string of the molecule is Oc1cc(O)c2cc1NC1=NC(=Nc3[nH]c(c4ccccc34)N=C3N=C(N2)c2ccccc23)c2ccccc21.c1ccncc1.c1ccncc1.c1ccncc1. The Morgan fingerprint density at radius 1 is 0.368 bits per heavy atom. The van der Waals surface area contributed by atoms with Gasteiger partial charge < -0.3 is 25.8 Å². The molecular weight excluding hydrogens is 713 g/mol. The number of amidine groups is 4. The van der Waals surface area contributed by atoms with Crippen LogP contribution in [0.15, 0.2) is 197 Å². The van der Waals surface area contributed by atoms with E-state index in [4.69, 9.17) is 20.0 Å². The third-order valence-corrected chi connectivity index (χ3v) is 8.71. The van der Waals surface area contributed by atoms with Crippen molar-refractivity contribution in [1.82, 2.24) is 19.9 Å².